The highest BCUT2D eigenvalue weighted by Gasteiger charge is 2.19. The van der Waals surface area contributed by atoms with E-state index in [1.165, 1.54) is 23.4 Å². The molecule has 6 heteroatoms. The molecule has 0 saturated heterocycles. The molecule has 0 saturated carbocycles. The van der Waals surface area contributed by atoms with Gasteiger partial charge in [0.15, 0.2) is 0 Å². The van der Waals surface area contributed by atoms with Crippen molar-refractivity contribution >= 4 is 21.6 Å². The summed E-state index contributed by atoms with van der Waals surface area (Å²) in [5.74, 6) is 0.525. The lowest BCUT2D eigenvalue weighted by molar-refractivity contribution is -0.121. The fourth-order valence-corrected chi connectivity index (χ4v) is 4.00. The van der Waals surface area contributed by atoms with Crippen molar-refractivity contribution in [2.24, 2.45) is 5.92 Å². The molecule has 1 N–H and O–H groups in total. The minimum absolute atomic E-state index is 0.00168. The molecular formula is C20H34N2O3S. The van der Waals surface area contributed by atoms with Crippen molar-refractivity contribution in [2.75, 3.05) is 23.7 Å². The molecule has 0 aliphatic rings. The fraction of sp³-hybridized carbons (Fsp3) is 0.650. The summed E-state index contributed by atoms with van der Waals surface area (Å²) in [6.45, 7) is 7.24. The number of carbonyl (C=O) groups excluding carboxylic acids is 1. The third-order valence-electron chi connectivity index (χ3n) is 4.68. The van der Waals surface area contributed by atoms with Crippen LogP contribution >= 0.6 is 0 Å². The molecule has 1 aromatic rings. The summed E-state index contributed by atoms with van der Waals surface area (Å²) in [6, 6.07) is 7.40. The molecule has 1 rings (SSSR count). The third kappa shape index (κ3) is 7.77. The van der Waals surface area contributed by atoms with Crippen LogP contribution in [-0.2, 0) is 14.8 Å². The summed E-state index contributed by atoms with van der Waals surface area (Å²) in [6.07, 6.45) is 6.61. The molecule has 5 nitrogen and oxygen atoms in total. The van der Waals surface area contributed by atoms with E-state index in [9.17, 15) is 13.2 Å². The number of anilines is 1. The first kappa shape index (κ1) is 22.5. The van der Waals surface area contributed by atoms with Crippen LogP contribution in [0.25, 0.3) is 0 Å². The molecular weight excluding hydrogens is 348 g/mol. The van der Waals surface area contributed by atoms with Crippen LogP contribution in [-0.4, -0.2) is 33.7 Å². The number of benzene rings is 1. The van der Waals surface area contributed by atoms with E-state index < -0.39 is 10.0 Å². The summed E-state index contributed by atoms with van der Waals surface area (Å²) in [5, 5.41) is 3.00. The van der Waals surface area contributed by atoms with Gasteiger partial charge >= 0.3 is 0 Å². The first-order valence-corrected chi connectivity index (χ1v) is 11.4. The molecule has 1 atom stereocenters. The maximum Gasteiger partial charge on any atom is 0.232 e. The summed E-state index contributed by atoms with van der Waals surface area (Å²) in [7, 11) is -3.38. The predicted octanol–water partition coefficient (Wildman–Crippen LogP) is 3.87. The zero-order chi connectivity index (χ0) is 19.6. The highest BCUT2D eigenvalue weighted by molar-refractivity contribution is 7.92. The molecule has 0 aliphatic heterocycles. The normalized spacial score (nSPS) is 12.6. The Hall–Kier alpha value is -1.56. The predicted molar refractivity (Wildman–Crippen MR) is 109 cm³/mol. The Bertz CT molecular complexity index is 659. The number of para-hydroxylation sites is 1. The van der Waals surface area contributed by atoms with E-state index >= 15 is 0 Å². The van der Waals surface area contributed by atoms with Crippen LogP contribution in [0.5, 0.6) is 0 Å². The quantitative estimate of drug-likeness (QED) is 0.597. The van der Waals surface area contributed by atoms with E-state index in [0.29, 0.717) is 37.5 Å². The van der Waals surface area contributed by atoms with Crippen LogP contribution in [0, 0.1) is 12.8 Å². The van der Waals surface area contributed by atoms with Gasteiger partial charge in [-0.25, -0.2) is 8.42 Å². The molecule has 0 radical (unpaired) electrons. The summed E-state index contributed by atoms with van der Waals surface area (Å²) in [5.41, 5.74) is 1.59. The monoisotopic (exact) mass is 382 g/mol. The fourth-order valence-electron chi connectivity index (χ4n) is 2.98. The van der Waals surface area contributed by atoms with Gasteiger partial charge in [-0.15, -0.1) is 0 Å². The molecule has 0 spiro atoms. The number of carbonyl (C=O) groups is 1. The van der Waals surface area contributed by atoms with E-state index in [0.717, 1.165) is 18.4 Å². The van der Waals surface area contributed by atoms with Gasteiger partial charge in [-0.2, -0.15) is 0 Å². The maximum absolute atomic E-state index is 12.1. The largest absolute Gasteiger partial charge is 0.356 e. The second-order valence-corrected chi connectivity index (χ2v) is 8.85. The molecule has 0 aromatic heterocycles. The van der Waals surface area contributed by atoms with Gasteiger partial charge in [-0.05, 0) is 37.3 Å². The van der Waals surface area contributed by atoms with Crippen LogP contribution in [0.3, 0.4) is 0 Å². The molecule has 0 unspecified atom stereocenters. The smallest absolute Gasteiger partial charge is 0.232 e. The van der Waals surface area contributed by atoms with E-state index in [1.807, 2.05) is 25.1 Å². The average Bonchev–Trinajstić information content (AvgIpc) is 2.59. The molecule has 148 valence electrons. The van der Waals surface area contributed by atoms with E-state index in [2.05, 4.69) is 19.2 Å². The number of hydrogen-bond acceptors (Lipinski definition) is 3. The number of rotatable bonds is 12. The maximum atomic E-state index is 12.1. The SMILES string of the molecule is CCCC[C@H](CC)CNC(=O)CCCN(c1ccccc1C)S(C)(=O)=O. The lowest BCUT2D eigenvalue weighted by Crippen LogP contribution is -2.33. The zero-order valence-corrected chi connectivity index (χ0v) is 17.4. The van der Waals surface area contributed by atoms with Gasteiger partial charge in [0.05, 0.1) is 11.9 Å². The number of unbranched alkanes of at least 4 members (excludes halogenated alkanes) is 1. The highest BCUT2D eigenvalue weighted by atomic mass is 32.2. The zero-order valence-electron chi connectivity index (χ0n) is 16.6. The topological polar surface area (TPSA) is 66.5 Å². The first-order chi connectivity index (χ1) is 12.3. The van der Waals surface area contributed by atoms with E-state index in [1.54, 1.807) is 6.07 Å². The minimum Gasteiger partial charge on any atom is -0.356 e. The number of nitrogens with zero attached hydrogens (tertiary/aromatic N) is 1. The van der Waals surface area contributed by atoms with E-state index in [4.69, 9.17) is 0 Å². The van der Waals surface area contributed by atoms with Crippen molar-refractivity contribution in [3.05, 3.63) is 29.8 Å². The number of nitrogens with one attached hydrogen (secondary N) is 1. The van der Waals surface area contributed by atoms with Crippen molar-refractivity contribution in [3.8, 4) is 0 Å². The van der Waals surface area contributed by atoms with Crippen molar-refractivity contribution in [1.82, 2.24) is 5.32 Å². The molecule has 26 heavy (non-hydrogen) atoms. The van der Waals surface area contributed by atoms with Gasteiger partial charge in [0.1, 0.15) is 0 Å². The average molecular weight is 383 g/mol. The highest BCUT2D eigenvalue weighted by Crippen LogP contribution is 2.22. The number of aryl methyl sites for hydroxylation is 1. The Morgan fingerprint density at radius 3 is 2.46 bits per heavy atom. The van der Waals surface area contributed by atoms with Crippen LogP contribution in [0.2, 0.25) is 0 Å². The van der Waals surface area contributed by atoms with Crippen molar-refractivity contribution in [3.63, 3.8) is 0 Å². The van der Waals surface area contributed by atoms with Crippen LogP contribution in [0.15, 0.2) is 24.3 Å². The van der Waals surface area contributed by atoms with Crippen LogP contribution in [0.4, 0.5) is 5.69 Å². The van der Waals surface area contributed by atoms with Gasteiger partial charge in [-0.1, -0.05) is 51.3 Å². The molecule has 0 fully saturated rings. The van der Waals surface area contributed by atoms with Crippen molar-refractivity contribution < 1.29 is 13.2 Å². The molecule has 1 amide bonds. The van der Waals surface area contributed by atoms with Gasteiger partial charge in [0, 0.05) is 19.5 Å². The van der Waals surface area contributed by atoms with Gasteiger partial charge in [0.2, 0.25) is 15.9 Å². The van der Waals surface area contributed by atoms with Gasteiger partial charge in [0.25, 0.3) is 0 Å². The third-order valence-corrected chi connectivity index (χ3v) is 5.86. The summed E-state index contributed by atoms with van der Waals surface area (Å²) >= 11 is 0. The molecule has 0 heterocycles. The summed E-state index contributed by atoms with van der Waals surface area (Å²) < 4.78 is 25.7. The van der Waals surface area contributed by atoms with E-state index in [-0.39, 0.29) is 5.91 Å². The molecule has 0 bridgehead atoms. The van der Waals surface area contributed by atoms with Crippen LogP contribution < -0.4 is 9.62 Å². The Morgan fingerprint density at radius 1 is 1.19 bits per heavy atom. The Kier molecular flexibility index (Phi) is 9.70. The summed E-state index contributed by atoms with van der Waals surface area (Å²) in [4.78, 5) is 12.1. The van der Waals surface area contributed by atoms with Gasteiger partial charge < -0.3 is 5.32 Å². The van der Waals surface area contributed by atoms with Crippen molar-refractivity contribution in [2.45, 2.75) is 59.3 Å². The van der Waals surface area contributed by atoms with Crippen molar-refractivity contribution in [1.29, 1.82) is 0 Å². The number of sulfonamides is 1. The minimum atomic E-state index is -3.38. The second kappa shape index (κ2) is 11.2. The molecule has 0 aliphatic carbocycles. The standard InChI is InChI=1S/C20H34N2O3S/c1-5-7-12-18(6-2)16-21-20(23)14-10-15-22(26(4,24)25)19-13-9-8-11-17(19)3/h8-9,11,13,18H,5-7,10,12,14-16H2,1-4H3,(H,21,23)/t18-/m0/s1. The van der Waals surface area contributed by atoms with Crippen LogP contribution in [0.1, 0.15) is 57.9 Å². The number of amides is 1. The second-order valence-electron chi connectivity index (χ2n) is 6.95. The lowest BCUT2D eigenvalue weighted by Gasteiger charge is -2.24. The molecule has 1 aromatic carbocycles. The Labute approximate surface area is 159 Å². The van der Waals surface area contributed by atoms with Gasteiger partial charge in [-0.3, -0.25) is 9.10 Å². The lowest BCUT2D eigenvalue weighted by atomic mass is 9.99. The Balaban J connectivity index is 2.53. The number of hydrogen-bond donors (Lipinski definition) is 1. The first-order valence-electron chi connectivity index (χ1n) is 9.59. The Morgan fingerprint density at radius 2 is 1.88 bits per heavy atom.